The van der Waals surface area contributed by atoms with Gasteiger partial charge < -0.3 is 24.4 Å². The van der Waals surface area contributed by atoms with E-state index < -0.39 is 26.9 Å². The summed E-state index contributed by atoms with van der Waals surface area (Å²) >= 11 is 0. The van der Waals surface area contributed by atoms with Crippen LogP contribution in [0.15, 0.2) is 0 Å². The highest BCUT2D eigenvalue weighted by Gasteiger charge is 2.43. The van der Waals surface area contributed by atoms with E-state index in [4.69, 9.17) is 19.6 Å². The van der Waals surface area contributed by atoms with E-state index in [0.29, 0.717) is 0 Å². The molecule has 0 heterocycles. The van der Waals surface area contributed by atoms with Crippen LogP contribution in [0.3, 0.4) is 0 Å². The maximum absolute atomic E-state index is 10.2. The van der Waals surface area contributed by atoms with Crippen molar-refractivity contribution in [2.45, 2.75) is 5.40 Å². The molecule has 0 aromatic heterocycles. The summed E-state index contributed by atoms with van der Waals surface area (Å²) < 4.78 is 20.4. The molecule has 0 aromatic rings. The van der Waals surface area contributed by atoms with Gasteiger partial charge in [0, 0.05) is 0 Å². The van der Waals surface area contributed by atoms with Crippen molar-refractivity contribution in [3.05, 3.63) is 0 Å². The van der Waals surface area contributed by atoms with E-state index in [1.54, 1.807) is 0 Å². The summed E-state index contributed by atoms with van der Waals surface area (Å²) in [5.74, 6) is 0. The first-order valence-corrected chi connectivity index (χ1v) is 5.61. The number of aldehydes is 1. The van der Waals surface area contributed by atoms with Crippen molar-refractivity contribution in [1.29, 1.82) is 0 Å². The minimum atomic E-state index is -5.03. The quantitative estimate of drug-likeness (QED) is 0.337. The van der Waals surface area contributed by atoms with E-state index in [1.807, 2.05) is 0 Å². The van der Waals surface area contributed by atoms with Gasteiger partial charge in [0.05, 0.1) is 0 Å². The van der Waals surface area contributed by atoms with Crippen molar-refractivity contribution in [1.82, 2.24) is 0 Å². The Morgan fingerprint density at radius 3 is 1.27 bits per heavy atom. The number of carbonyl (C=O) groups excluding carboxylic acids is 1. The molecule has 0 aliphatic heterocycles. The Bertz CT molecular complexity index is 211. The molecule has 0 spiro atoms. The maximum Gasteiger partial charge on any atom is 0.347 e. The lowest BCUT2D eigenvalue weighted by atomic mass is 10.9. The summed E-state index contributed by atoms with van der Waals surface area (Å²) in [7, 11) is -10.1. The van der Waals surface area contributed by atoms with Gasteiger partial charge in [0.25, 0.3) is 0 Å². The van der Waals surface area contributed by atoms with Crippen molar-refractivity contribution in [2.75, 3.05) is 0 Å². The average Bonchev–Trinajstić information content (AvgIpc) is 1.56. The zero-order valence-corrected chi connectivity index (χ0v) is 6.85. The fourth-order valence-corrected chi connectivity index (χ4v) is 2.24. The lowest BCUT2D eigenvalue weighted by Crippen LogP contribution is -2.09. The highest BCUT2D eigenvalue weighted by Crippen LogP contribution is 2.58. The molecule has 4 N–H and O–H groups in total. The third kappa shape index (κ3) is 3.25. The number of hydrogen-bond acceptors (Lipinski definition) is 3. The highest BCUT2D eigenvalue weighted by atomic mass is 31.2. The summed E-state index contributed by atoms with van der Waals surface area (Å²) in [6.07, 6.45) is -0.443. The Morgan fingerprint density at radius 1 is 1.00 bits per heavy atom. The Balaban J connectivity index is 4.87. The van der Waals surface area contributed by atoms with Crippen LogP contribution in [0, 0.1) is 0 Å². The van der Waals surface area contributed by atoms with Crippen LogP contribution in [0.2, 0.25) is 0 Å². The van der Waals surface area contributed by atoms with E-state index >= 15 is 0 Å². The standard InChI is InChI=1S/C2H6O7P2/c3-1-2(10(4,5)6)11(7,8)9/h1-2H,(H2,4,5,6)(H2,7,8,9). The molecule has 0 atom stereocenters. The SMILES string of the molecule is O=CC(P(=O)(O)O)P(=O)(O)O. The van der Waals surface area contributed by atoms with E-state index in [9.17, 15) is 13.9 Å². The molecule has 0 bridgehead atoms. The van der Waals surface area contributed by atoms with E-state index in [2.05, 4.69) is 0 Å². The first-order chi connectivity index (χ1) is 4.69. The largest absolute Gasteiger partial charge is 0.347 e. The molecule has 0 fully saturated rings. The summed E-state index contributed by atoms with van der Waals surface area (Å²) in [5, 5.41) is -2.53. The van der Waals surface area contributed by atoms with Crippen LogP contribution >= 0.6 is 15.2 Å². The zero-order chi connectivity index (χ0) is 9.28. The summed E-state index contributed by atoms with van der Waals surface area (Å²) in [6, 6.07) is 0. The number of hydrogen-bond donors (Lipinski definition) is 4. The molecule has 9 heteroatoms. The molecular weight excluding hydrogens is 198 g/mol. The van der Waals surface area contributed by atoms with Gasteiger partial charge in [-0.1, -0.05) is 0 Å². The van der Waals surface area contributed by atoms with Crippen LogP contribution in [0.5, 0.6) is 0 Å². The van der Waals surface area contributed by atoms with Crippen LogP contribution in [0.25, 0.3) is 0 Å². The van der Waals surface area contributed by atoms with Crippen molar-refractivity contribution in [3.8, 4) is 0 Å². The Labute approximate surface area is 61.4 Å². The van der Waals surface area contributed by atoms with Gasteiger partial charge in [0.2, 0.25) is 5.40 Å². The Kier molecular flexibility index (Phi) is 3.14. The van der Waals surface area contributed by atoms with Gasteiger partial charge in [0.15, 0.2) is 0 Å². The van der Waals surface area contributed by atoms with E-state index in [1.165, 1.54) is 0 Å². The van der Waals surface area contributed by atoms with Crippen molar-refractivity contribution in [3.63, 3.8) is 0 Å². The van der Waals surface area contributed by atoms with Gasteiger partial charge in [-0.25, -0.2) is 0 Å². The van der Waals surface area contributed by atoms with Gasteiger partial charge in [-0.15, -0.1) is 0 Å². The second kappa shape index (κ2) is 3.15. The molecule has 0 saturated carbocycles. The van der Waals surface area contributed by atoms with Crippen molar-refractivity contribution < 1.29 is 33.5 Å². The molecule has 0 saturated heterocycles. The predicted molar refractivity (Wildman–Crippen MR) is 33.9 cm³/mol. The molecule has 7 nitrogen and oxygen atoms in total. The second-order valence-electron chi connectivity index (χ2n) is 1.73. The lowest BCUT2D eigenvalue weighted by Gasteiger charge is -2.12. The fraction of sp³-hybridized carbons (Fsp3) is 0.500. The molecule has 0 unspecified atom stereocenters. The third-order valence-corrected chi connectivity index (χ3v) is 4.24. The molecule has 0 rings (SSSR count). The van der Waals surface area contributed by atoms with Gasteiger partial charge in [0.1, 0.15) is 6.29 Å². The van der Waals surface area contributed by atoms with E-state index in [-0.39, 0.29) is 0 Å². The zero-order valence-electron chi connectivity index (χ0n) is 5.06. The first kappa shape index (κ1) is 11.0. The molecule has 0 aliphatic carbocycles. The predicted octanol–water partition coefficient (Wildman–Crippen LogP) is -1.13. The first-order valence-electron chi connectivity index (χ1n) is 2.25. The summed E-state index contributed by atoms with van der Waals surface area (Å²) in [5.41, 5.74) is 0. The van der Waals surface area contributed by atoms with E-state index in [0.717, 1.165) is 0 Å². The molecule has 0 aromatic carbocycles. The van der Waals surface area contributed by atoms with Crippen molar-refractivity contribution >= 4 is 21.5 Å². The molecule has 11 heavy (non-hydrogen) atoms. The number of carbonyl (C=O) groups is 1. The van der Waals surface area contributed by atoms with Crippen LogP contribution in [-0.4, -0.2) is 31.3 Å². The average molecular weight is 204 g/mol. The minimum Gasteiger partial charge on any atom is -0.323 e. The lowest BCUT2D eigenvalue weighted by molar-refractivity contribution is -0.106. The van der Waals surface area contributed by atoms with Crippen molar-refractivity contribution in [2.24, 2.45) is 0 Å². The molecule has 0 radical (unpaired) electrons. The van der Waals surface area contributed by atoms with Gasteiger partial charge in [-0.2, -0.15) is 0 Å². The van der Waals surface area contributed by atoms with Crippen LogP contribution < -0.4 is 0 Å². The monoisotopic (exact) mass is 204 g/mol. The molecular formula is C2H6O7P2. The highest BCUT2D eigenvalue weighted by molar-refractivity contribution is 7.72. The van der Waals surface area contributed by atoms with Gasteiger partial charge >= 0.3 is 15.2 Å². The molecule has 0 amide bonds. The topological polar surface area (TPSA) is 132 Å². The summed E-state index contributed by atoms with van der Waals surface area (Å²) in [4.78, 5) is 42.6. The van der Waals surface area contributed by atoms with Crippen LogP contribution in [-0.2, 0) is 13.9 Å². The number of rotatable bonds is 3. The second-order valence-corrected chi connectivity index (χ2v) is 5.60. The molecule has 66 valence electrons. The van der Waals surface area contributed by atoms with Gasteiger partial charge in [-0.3, -0.25) is 9.13 Å². The maximum atomic E-state index is 10.2. The molecule has 0 aliphatic rings. The van der Waals surface area contributed by atoms with Crippen LogP contribution in [0.4, 0.5) is 0 Å². The normalized spacial score (nSPS) is 13.5. The fourth-order valence-electron chi connectivity index (χ4n) is 0.355. The summed E-state index contributed by atoms with van der Waals surface area (Å²) in [6.45, 7) is 0. The third-order valence-electron chi connectivity index (χ3n) is 0.811. The smallest absolute Gasteiger partial charge is 0.323 e. The van der Waals surface area contributed by atoms with Gasteiger partial charge in [-0.05, 0) is 0 Å². The minimum absolute atomic E-state index is 0.443. The Morgan fingerprint density at radius 2 is 1.27 bits per heavy atom. The van der Waals surface area contributed by atoms with Crippen LogP contribution in [0.1, 0.15) is 0 Å². The Hall–Kier alpha value is -0.0300.